The van der Waals surface area contributed by atoms with E-state index in [9.17, 15) is 0 Å². The van der Waals surface area contributed by atoms with Gasteiger partial charge in [-0.25, -0.2) is 12.1 Å². The summed E-state index contributed by atoms with van der Waals surface area (Å²) >= 11 is 0. The van der Waals surface area contributed by atoms with Crippen LogP contribution >= 0.6 is 0 Å². The maximum atomic E-state index is 2.45. The fourth-order valence-corrected chi connectivity index (χ4v) is 3.28. The molecule has 3 aromatic carbocycles. The van der Waals surface area contributed by atoms with E-state index >= 15 is 0 Å². The van der Waals surface area contributed by atoms with Crippen molar-refractivity contribution in [3.05, 3.63) is 101 Å². The summed E-state index contributed by atoms with van der Waals surface area (Å²) in [5, 5.41) is 2.96. The molecule has 0 heterocycles. The first kappa shape index (κ1) is 29.8. The van der Waals surface area contributed by atoms with Gasteiger partial charge in [-0.15, -0.1) is 34.5 Å². The van der Waals surface area contributed by atoms with Crippen molar-refractivity contribution in [3.8, 4) is 0 Å². The van der Waals surface area contributed by atoms with Crippen LogP contribution in [0.25, 0.3) is 10.8 Å². The fourth-order valence-electron chi connectivity index (χ4n) is 3.28. The van der Waals surface area contributed by atoms with Crippen LogP contribution in [0.5, 0.6) is 0 Å². The molecule has 0 unspecified atom stereocenters. The van der Waals surface area contributed by atoms with E-state index in [1.165, 1.54) is 36.5 Å². The average molecular weight is 515 g/mol. The molecule has 0 saturated heterocycles. The maximum Gasteiger partial charge on any atom is 0 e. The van der Waals surface area contributed by atoms with Gasteiger partial charge in [-0.2, -0.15) is 24.3 Å². The molecule has 1 heteroatoms. The van der Waals surface area contributed by atoms with Crippen molar-refractivity contribution >= 4 is 10.8 Å². The van der Waals surface area contributed by atoms with E-state index in [-0.39, 0.29) is 55.5 Å². The predicted octanol–water partition coefficient (Wildman–Crippen LogP) is 7.45. The molecule has 0 N–H and O–H groups in total. The molecule has 146 valence electrons. The summed E-state index contributed by atoms with van der Waals surface area (Å²) in [6, 6.07) is 19.5. The van der Waals surface area contributed by atoms with Crippen molar-refractivity contribution in [2.75, 3.05) is 0 Å². The number of hydrogen-bond acceptors (Lipinski definition) is 0. The molecule has 1 aliphatic rings. The first-order chi connectivity index (χ1) is 10.2. The van der Waals surface area contributed by atoms with Gasteiger partial charge in [0.15, 0.2) is 0 Å². The smallest absolute Gasteiger partial charge is 0 e. The summed E-state index contributed by atoms with van der Waals surface area (Å²) in [6.07, 6.45) is 5.14. The van der Waals surface area contributed by atoms with E-state index < -0.39 is 0 Å². The Morgan fingerprint density at radius 3 is 2.04 bits per heavy atom. The molecule has 0 radical (unpaired) electrons. The van der Waals surface area contributed by atoms with Gasteiger partial charge >= 0.3 is 0 Å². The summed E-state index contributed by atoms with van der Waals surface area (Å²) in [6.45, 7) is 4.60. The van der Waals surface area contributed by atoms with Crippen LogP contribution in [-0.2, 0) is 45.1 Å². The third-order valence-corrected chi connectivity index (χ3v) is 4.26. The summed E-state index contributed by atoms with van der Waals surface area (Å²) in [5.41, 5.74) is 4.73. The molecule has 0 spiro atoms. The third kappa shape index (κ3) is 7.35. The van der Waals surface area contributed by atoms with Gasteiger partial charge in [-0.1, -0.05) is 37.3 Å². The molecule has 0 amide bonds. The van der Waals surface area contributed by atoms with Crippen molar-refractivity contribution in [1.29, 1.82) is 0 Å². The normalized spacial score (nSPS) is 10.7. The minimum atomic E-state index is 0. The van der Waals surface area contributed by atoms with Crippen molar-refractivity contribution in [2.24, 2.45) is 5.92 Å². The summed E-state index contributed by atoms with van der Waals surface area (Å²) < 4.78 is 0. The van der Waals surface area contributed by atoms with Crippen LogP contribution in [0.4, 0.5) is 0 Å². The Morgan fingerprint density at radius 1 is 0.962 bits per heavy atom. The molecule has 0 bridgehead atoms. The van der Waals surface area contributed by atoms with Crippen LogP contribution in [0.1, 0.15) is 37.0 Å². The molecule has 0 aromatic heterocycles. The van der Waals surface area contributed by atoms with E-state index in [1.807, 2.05) is 30.3 Å². The zero-order valence-electron chi connectivity index (χ0n) is 17.6. The Bertz CT molecular complexity index is 669. The van der Waals surface area contributed by atoms with Crippen molar-refractivity contribution in [1.82, 2.24) is 0 Å². The molecule has 0 aliphatic heterocycles. The molecule has 26 heavy (non-hydrogen) atoms. The number of benzene rings is 1. The van der Waals surface area contributed by atoms with Crippen LogP contribution < -0.4 is 0 Å². The second-order valence-corrected chi connectivity index (χ2v) is 6.48. The second-order valence-electron chi connectivity index (χ2n) is 6.48. The zero-order chi connectivity index (χ0) is 14.7. The monoisotopic (exact) mass is 516 g/mol. The second kappa shape index (κ2) is 14.2. The fraction of sp³-hybridized carbons (Fsp3) is 0.280. The Labute approximate surface area is 182 Å². The number of aryl methyl sites for hydroxylation is 2. The van der Waals surface area contributed by atoms with Crippen molar-refractivity contribution < 1.29 is 25.8 Å². The van der Waals surface area contributed by atoms with Gasteiger partial charge in [0.2, 0.25) is 0 Å². The Hall–Kier alpha value is -0.950. The summed E-state index contributed by atoms with van der Waals surface area (Å²) in [4.78, 5) is 0. The van der Waals surface area contributed by atoms with Gasteiger partial charge in [0.05, 0.1) is 0 Å². The molecule has 1 aliphatic carbocycles. The largest absolute Gasteiger partial charge is 0.358 e. The van der Waals surface area contributed by atoms with Crippen LogP contribution in [-0.4, -0.2) is 0 Å². The number of fused-ring (bicyclic) bond motifs is 2. The minimum absolute atomic E-state index is 0. The van der Waals surface area contributed by atoms with Gasteiger partial charge in [0.1, 0.15) is 0 Å². The Balaban J connectivity index is -0.000000469. The molecule has 0 nitrogen and oxygen atoms in total. The van der Waals surface area contributed by atoms with Crippen LogP contribution in [0.3, 0.4) is 0 Å². The molecular weight excluding hydrogens is 479 g/mol. The van der Waals surface area contributed by atoms with E-state index in [4.69, 9.17) is 0 Å². The van der Waals surface area contributed by atoms with E-state index in [0.717, 1.165) is 5.92 Å². The third-order valence-electron chi connectivity index (χ3n) is 4.26. The Kier molecular flexibility index (Phi) is 16.2. The van der Waals surface area contributed by atoms with Gasteiger partial charge < -0.3 is 29.7 Å². The first-order valence-corrected chi connectivity index (χ1v) is 8.11. The molecular formula is C25H36Hf-6. The SMILES string of the molecule is CC(C)C[c-]1ccc2cc3c(cc21)CCC3.[CH3-].[CH3-].[CH3-].[CH3-].[Hf].c1cc[cH-]c1. The molecule has 0 saturated carbocycles. The van der Waals surface area contributed by atoms with E-state index in [2.05, 4.69) is 38.1 Å². The molecule has 3 aromatic rings. The van der Waals surface area contributed by atoms with Crippen molar-refractivity contribution in [2.45, 2.75) is 39.5 Å². The quantitative estimate of drug-likeness (QED) is 0.246. The molecule has 0 atom stereocenters. The summed E-state index contributed by atoms with van der Waals surface area (Å²) in [7, 11) is 0. The van der Waals surface area contributed by atoms with Gasteiger partial charge in [0.25, 0.3) is 0 Å². The standard InChI is InChI=1S/C16H19.C5H5.4CH3.Hf/c1-11(2)8-14-6-7-15-9-12-4-3-5-13(12)10-16(14)15;1-2-4-5-3-1;;;;;/h6-7,9-11H,3-5,8H2,1-2H3;1-5H;4*1H3;/q6*-1;. The minimum Gasteiger partial charge on any atom is -0.358 e. The number of rotatable bonds is 2. The van der Waals surface area contributed by atoms with Crippen LogP contribution in [0.15, 0.2) is 54.6 Å². The predicted molar refractivity (Wildman–Crippen MR) is 118 cm³/mol. The van der Waals surface area contributed by atoms with Crippen LogP contribution in [0.2, 0.25) is 0 Å². The zero-order valence-corrected chi connectivity index (χ0v) is 21.2. The maximum absolute atomic E-state index is 2.45. The van der Waals surface area contributed by atoms with Crippen molar-refractivity contribution in [3.63, 3.8) is 0 Å². The van der Waals surface area contributed by atoms with Crippen LogP contribution in [0, 0.1) is 35.6 Å². The Morgan fingerprint density at radius 2 is 1.54 bits per heavy atom. The first-order valence-electron chi connectivity index (χ1n) is 8.11. The molecule has 4 rings (SSSR count). The van der Waals surface area contributed by atoms with E-state index in [0.29, 0.717) is 0 Å². The van der Waals surface area contributed by atoms with Gasteiger partial charge in [-0.05, 0) is 19.3 Å². The number of hydrogen-bond donors (Lipinski definition) is 0. The van der Waals surface area contributed by atoms with Gasteiger partial charge in [0, 0.05) is 25.8 Å². The molecule has 0 fully saturated rings. The van der Waals surface area contributed by atoms with Gasteiger partial charge in [-0.3, -0.25) is 0 Å². The average Bonchev–Trinajstić information content (AvgIpc) is 3.19. The summed E-state index contributed by atoms with van der Waals surface area (Å²) in [5.74, 6) is 0.749. The topological polar surface area (TPSA) is 0 Å². The van der Waals surface area contributed by atoms with E-state index in [1.54, 1.807) is 16.7 Å².